The fraction of sp³-hybridized carbons (Fsp3) is 0.184. The van der Waals surface area contributed by atoms with Crippen molar-refractivity contribution in [3.8, 4) is 0 Å². The van der Waals surface area contributed by atoms with Gasteiger partial charge in [-0.2, -0.15) is 0 Å². The van der Waals surface area contributed by atoms with Gasteiger partial charge in [0.1, 0.15) is 11.2 Å². The average molecular weight is 675 g/mol. The molecule has 0 saturated heterocycles. The Morgan fingerprint density at radius 1 is 0.365 bits per heavy atom. The molecule has 0 fully saturated rings. The summed E-state index contributed by atoms with van der Waals surface area (Å²) in [4.78, 5) is 0. The fourth-order valence-electron chi connectivity index (χ4n) is 9.28. The number of aryl methyl sites for hydroxylation is 1. The van der Waals surface area contributed by atoms with Gasteiger partial charge in [-0.15, -0.1) is 0 Å². The highest BCUT2D eigenvalue weighted by atomic mass is 16.4. The van der Waals surface area contributed by atoms with Gasteiger partial charge < -0.3 is 13.3 Å². The molecule has 0 aliphatic carbocycles. The van der Waals surface area contributed by atoms with Crippen LogP contribution in [0.2, 0.25) is 0 Å². The van der Waals surface area contributed by atoms with Gasteiger partial charge in [0, 0.05) is 32.3 Å². The molecule has 3 aromatic heterocycles. The van der Waals surface area contributed by atoms with Gasteiger partial charge in [0.2, 0.25) is 0 Å². The Labute approximate surface area is 300 Å². The highest BCUT2D eigenvalue weighted by Crippen LogP contribution is 2.51. The lowest BCUT2D eigenvalue weighted by Crippen LogP contribution is -1.89. The smallest absolute Gasteiger partial charge is 0.179 e. The molecule has 0 radical (unpaired) electrons. The van der Waals surface area contributed by atoms with Crippen molar-refractivity contribution in [2.24, 2.45) is 0 Å². The minimum absolute atomic E-state index is 0.773. The van der Waals surface area contributed by atoms with Crippen LogP contribution in [0.5, 0.6) is 0 Å². The zero-order chi connectivity index (χ0) is 34.3. The Hall–Kier alpha value is -5.80. The van der Waals surface area contributed by atoms with Crippen molar-refractivity contribution < 1.29 is 13.3 Å². The van der Waals surface area contributed by atoms with Crippen molar-refractivity contribution >= 4 is 109 Å². The molecule has 0 amide bonds. The van der Waals surface area contributed by atoms with Crippen LogP contribution in [0.1, 0.15) is 57.4 Å². The molecule has 52 heavy (non-hydrogen) atoms. The molecule has 11 rings (SSSR count). The number of hydrogen-bond donors (Lipinski definition) is 0. The molecule has 8 aromatic carbocycles. The highest BCUT2D eigenvalue weighted by Gasteiger charge is 2.27. The van der Waals surface area contributed by atoms with Crippen LogP contribution >= 0.6 is 0 Å². The molecule has 0 atom stereocenters. The number of rotatable bonds is 8. The Bertz CT molecular complexity index is 3200. The lowest BCUT2D eigenvalue weighted by atomic mass is 9.92. The molecule has 252 valence electrons. The van der Waals surface area contributed by atoms with Crippen molar-refractivity contribution in [2.45, 2.75) is 58.3 Å². The standard InChI is InChI=1S/C49H38O3/c1-2-3-4-5-6-7-8-19-31-28-30-18-10-12-21-33(30)40-42-36-24-15-16-25-37(36)44-43-35-23-14-13-22-34(35)41-39-32-20-11-9-17-29(32)26-27-38(39)50-46(41)47(43)52-49(44)48(42)51-45(31)40/h9-18,20-28H,2-8,19H2,1H3. The topological polar surface area (TPSA) is 39.4 Å². The first-order valence-electron chi connectivity index (χ1n) is 19.1. The van der Waals surface area contributed by atoms with E-state index in [-0.39, 0.29) is 0 Å². The van der Waals surface area contributed by atoms with Crippen molar-refractivity contribution in [3.05, 3.63) is 121 Å². The van der Waals surface area contributed by atoms with Crippen LogP contribution in [0.3, 0.4) is 0 Å². The number of unbranched alkanes of at least 4 members (excludes halogenated alkanes) is 6. The van der Waals surface area contributed by atoms with Crippen LogP contribution in [0.4, 0.5) is 0 Å². The lowest BCUT2D eigenvalue weighted by Gasteiger charge is -2.08. The van der Waals surface area contributed by atoms with E-state index in [0.717, 1.165) is 78.7 Å². The summed E-state index contributed by atoms with van der Waals surface area (Å²) in [5, 5.41) is 16.2. The molecule has 0 saturated carbocycles. The van der Waals surface area contributed by atoms with Crippen molar-refractivity contribution in [1.82, 2.24) is 0 Å². The van der Waals surface area contributed by atoms with Gasteiger partial charge in [0.25, 0.3) is 0 Å². The number of hydrogen-bond acceptors (Lipinski definition) is 3. The predicted octanol–water partition coefficient (Wildman–Crippen LogP) is 15.3. The predicted molar refractivity (Wildman–Crippen MR) is 220 cm³/mol. The second-order valence-corrected chi connectivity index (χ2v) is 14.7. The quantitative estimate of drug-likeness (QED) is 0.151. The van der Waals surface area contributed by atoms with Crippen molar-refractivity contribution in [1.29, 1.82) is 0 Å². The second-order valence-electron chi connectivity index (χ2n) is 14.7. The van der Waals surface area contributed by atoms with E-state index >= 15 is 0 Å². The summed E-state index contributed by atoms with van der Waals surface area (Å²) < 4.78 is 21.2. The third kappa shape index (κ3) is 4.20. The van der Waals surface area contributed by atoms with Crippen molar-refractivity contribution in [2.75, 3.05) is 0 Å². The molecule has 0 bridgehead atoms. The minimum atomic E-state index is 0.773. The molecule has 3 heteroatoms. The SMILES string of the molecule is CCCCCCCCCc1cc2ccccc2c2c1oc1c3oc4c5oc6ccc7ccccc7c6c5c5ccccc5c4c3c3ccccc3c12. The van der Waals surface area contributed by atoms with Crippen LogP contribution in [-0.4, -0.2) is 0 Å². The van der Waals surface area contributed by atoms with Crippen LogP contribution in [0.25, 0.3) is 109 Å². The Morgan fingerprint density at radius 3 is 1.42 bits per heavy atom. The molecular formula is C49H38O3. The van der Waals surface area contributed by atoms with Crippen LogP contribution in [0.15, 0.2) is 129 Å². The first-order chi connectivity index (χ1) is 25.8. The van der Waals surface area contributed by atoms with E-state index in [0.29, 0.717) is 0 Å². The number of fused-ring (bicyclic) bond motifs is 21. The third-order valence-electron chi connectivity index (χ3n) is 11.6. The van der Waals surface area contributed by atoms with Gasteiger partial charge in [0.15, 0.2) is 22.3 Å². The Morgan fingerprint density at radius 2 is 0.808 bits per heavy atom. The monoisotopic (exact) mass is 674 g/mol. The molecule has 0 spiro atoms. The molecule has 3 nitrogen and oxygen atoms in total. The van der Waals surface area contributed by atoms with E-state index < -0.39 is 0 Å². The zero-order valence-corrected chi connectivity index (χ0v) is 29.4. The minimum Gasteiger partial charge on any atom is -0.452 e. The molecule has 0 unspecified atom stereocenters. The van der Waals surface area contributed by atoms with Gasteiger partial charge in [0.05, 0.1) is 0 Å². The second kappa shape index (κ2) is 11.6. The van der Waals surface area contributed by atoms with Gasteiger partial charge in [-0.25, -0.2) is 0 Å². The largest absolute Gasteiger partial charge is 0.452 e. The molecular weight excluding hydrogens is 637 g/mol. The summed E-state index contributed by atoms with van der Waals surface area (Å²) in [7, 11) is 0. The van der Waals surface area contributed by atoms with E-state index in [1.54, 1.807) is 0 Å². The van der Waals surface area contributed by atoms with Gasteiger partial charge >= 0.3 is 0 Å². The first-order valence-corrected chi connectivity index (χ1v) is 19.1. The molecule has 0 aliphatic heterocycles. The van der Waals surface area contributed by atoms with E-state index in [4.69, 9.17) is 13.3 Å². The Kier molecular flexibility index (Phi) is 6.67. The van der Waals surface area contributed by atoms with E-state index in [1.165, 1.54) is 87.2 Å². The van der Waals surface area contributed by atoms with Gasteiger partial charge in [-0.05, 0) is 73.6 Å². The molecule has 0 aliphatic rings. The summed E-state index contributed by atoms with van der Waals surface area (Å²) in [6.07, 6.45) is 9.97. The molecule has 3 heterocycles. The maximum absolute atomic E-state index is 7.18. The van der Waals surface area contributed by atoms with Crippen LogP contribution in [0, 0.1) is 0 Å². The van der Waals surface area contributed by atoms with Crippen LogP contribution < -0.4 is 0 Å². The summed E-state index contributed by atoms with van der Waals surface area (Å²) in [5.41, 5.74) is 6.30. The summed E-state index contributed by atoms with van der Waals surface area (Å²) >= 11 is 0. The summed E-state index contributed by atoms with van der Waals surface area (Å²) in [6, 6.07) is 41.5. The van der Waals surface area contributed by atoms with Gasteiger partial charge in [-0.1, -0.05) is 149 Å². The maximum atomic E-state index is 7.18. The van der Waals surface area contributed by atoms with E-state index in [9.17, 15) is 0 Å². The normalized spacial score (nSPS) is 12.6. The lowest BCUT2D eigenvalue weighted by molar-refractivity contribution is 0.586. The maximum Gasteiger partial charge on any atom is 0.179 e. The van der Waals surface area contributed by atoms with Gasteiger partial charge in [-0.3, -0.25) is 0 Å². The summed E-state index contributed by atoms with van der Waals surface area (Å²) in [6.45, 7) is 2.28. The average Bonchev–Trinajstić information content (AvgIpc) is 3.91. The number of benzene rings is 8. The van der Waals surface area contributed by atoms with Crippen molar-refractivity contribution in [3.63, 3.8) is 0 Å². The highest BCUT2D eigenvalue weighted by molar-refractivity contribution is 6.42. The third-order valence-corrected chi connectivity index (χ3v) is 11.6. The fourth-order valence-corrected chi connectivity index (χ4v) is 9.28. The molecule has 0 N–H and O–H groups in total. The molecule has 11 aromatic rings. The number of furan rings is 3. The summed E-state index contributed by atoms with van der Waals surface area (Å²) in [5.74, 6) is 0. The Balaban J connectivity index is 1.26. The van der Waals surface area contributed by atoms with E-state index in [2.05, 4.69) is 122 Å². The van der Waals surface area contributed by atoms with Crippen LogP contribution in [-0.2, 0) is 6.42 Å². The van der Waals surface area contributed by atoms with E-state index in [1.807, 2.05) is 0 Å². The zero-order valence-electron chi connectivity index (χ0n) is 29.4. The first kappa shape index (κ1) is 29.9.